The molecule has 0 saturated heterocycles. The Hall–Kier alpha value is -1.86. The van der Waals surface area contributed by atoms with E-state index in [4.69, 9.17) is 20.5 Å². The van der Waals surface area contributed by atoms with Crippen molar-refractivity contribution in [2.45, 2.75) is 24.3 Å². The molecule has 140 valence electrons. The van der Waals surface area contributed by atoms with Crippen LogP contribution in [0.2, 0.25) is 5.02 Å². The Morgan fingerprint density at radius 1 is 1.22 bits per heavy atom. The van der Waals surface area contributed by atoms with Gasteiger partial charge >= 0.3 is 0 Å². The number of aryl methyl sites for hydroxylation is 1. The Bertz CT molecular complexity index is 1110. The van der Waals surface area contributed by atoms with Gasteiger partial charge in [0, 0.05) is 28.1 Å². The molecule has 0 amide bonds. The SMILES string of the molecule is COS(=O)(=O)c1ccc(C)cc1C1Cc2cc(Cl)cc(-c3ccsc3)c2O1. The lowest BCUT2D eigenvalue weighted by Crippen LogP contribution is -2.12. The average Bonchev–Trinajstić information content (AvgIpc) is 3.30. The summed E-state index contributed by atoms with van der Waals surface area (Å²) >= 11 is 7.92. The van der Waals surface area contributed by atoms with E-state index in [1.807, 2.05) is 41.9 Å². The van der Waals surface area contributed by atoms with Gasteiger partial charge in [-0.1, -0.05) is 29.3 Å². The van der Waals surface area contributed by atoms with Crippen molar-refractivity contribution in [2.24, 2.45) is 0 Å². The summed E-state index contributed by atoms with van der Waals surface area (Å²) in [4.78, 5) is 0.136. The van der Waals surface area contributed by atoms with Gasteiger partial charge in [0.15, 0.2) is 0 Å². The third-order valence-corrected chi connectivity index (χ3v) is 6.88. The highest BCUT2D eigenvalue weighted by Crippen LogP contribution is 2.46. The molecule has 0 bridgehead atoms. The number of halogens is 1. The maximum Gasteiger partial charge on any atom is 0.297 e. The third-order valence-electron chi connectivity index (χ3n) is 4.63. The summed E-state index contributed by atoms with van der Waals surface area (Å²) in [6.07, 6.45) is 0.124. The van der Waals surface area contributed by atoms with Crippen molar-refractivity contribution in [3.8, 4) is 16.9 Å². The van der Waals surface area contributed by atoms with Crippen molar-refractivity contribution < 1.29 is 17.3 Å². The predicted molar refractivity (Wildman–Crippen MR) is 107 cm³/mol. The quantitative estimate of drug-likeness (QED) is 0.531. The number of thiophene rings is 1. The minimum absolute atomic E-state index is 0.136. The van der Waals surface area contributed by atoms with Gasteiger partial charge in [-0.3, -0.25) is 4.18 Å². The van der Waals surface area contributed by atoms with Crippen LogP contribution in [0.5, 0.6) is 5.75 Å². The second-order valence-corrected chi connectivity index (χ2v) is 9.32. The van der Waals surface area contributed by atoms with Crippen molar-refractivity contribution >= 4 is 33.1 Å². The van der Waals surface area contributed by atoms with Gasteiger partial charge in [0.1, 0.15) is 16.7 Å². The zero-order valence-corrected chi connectivity index (χ0v) is 17.1. The van der Waals surface area contributed by atoms with Crippen molar-refractivity contribution in [3.63, 3.8) is 0 Å². The van der Waals surface area contributed by atoms with E-state index < -0.39 is 16.2 Å². The fourth-order valence-corrected chi connectivity index (χ4v) is 5.16. The van der Waals surface area contributed by atoms with Gasteiger partial charge in [-0.2, -0.15) is 19.8 Å². The molecule has 2 heterocycles. The largest absolute Gasteiger partial charge is 0.484 e. The molecule has 4 nitrogen and oxygen atoms in total. The monoisotopic (exact) mass is 420 g/mol. The van der Waals surface area contributed by atoms with Crippen LogP contribution in [0, 0.1) is 6.92 Å². The Morgan fingerprint density at radius 2 is 2.04 bits per heavy atom. The minimum atomic E-state index is -3.84. The van der Waals surface area contributed by atoms with Crippen molar-refractivity contribution in [3.05, 3.63) is 68.9 Å². The normalized spacial score (nSPS) is 16.2. The Kier molecular flexibility index (Phi) is 4.76. The molecule has 1 aromatic heterocycles. The van der Waals surface area contributed by atoms with Crippen LogP contribution in [0.1, 0.15) is 22.8 Å². The third kappa shape index (κ3) is 3.38. The van der Waals surface area contributed by atoms with Crippen molar-refractivity contribution in [2.75, 3.05) is 7.11 Å². The van der Waals surface area contributed by atoms with Gasteiger partial charge < -0.3 is 4.74 Å². The minimum Gasteiger partial charge on any atom is -0.484 e. The molecule has 0 spiro atoms. The van der Waals surface area contributed by atoms with E-state index in [1.54, 1.807) is 23.5 Å². The van der Waals surface area contributed by atoms with E-state index in [0.29, 0.717) is 17.0 Å². The summed E-state index contributed by atoms with van der Waals surface area (Å²) in [7, 11) is -2.67. The summed E-state index contributed by atoms with van der Waals surface area (Å²) in [5, 5.41) is 4.67. The maximum absolute atomic E-state index is 12.4. The first kappa shape index (κ1) is 18.5. The molecule has 4 rings (SSSR count). The molecule has 1 atom stereocenters. The lowest BCUT2D eigenvalue weighted by Gasteiger charge is -2.17. The first-order chi connectivity index (χ1) is 12.9. The van der Waals surface area contributed by atoms with Crippen LogP contribution in [-0.4, -0.2) is 15.5 Å². The zero-order valence-electron chi connectivity index (χ0n) is 14.7. The Balaban J connectivity index is 1.81. The fourth-order valence-electron chi connectivity index (χ4n) is 3.37. The Labute approximate surface area is 167 Å². The topological polar surface area (TPSA) is 52.6 Å². The second-order valence-electron chi connectivity index (χ2n) is 6.43. The smallest absolute Gasteiger partial charge is 0.297 e. The van der Waals surface area contributed by atoms with E-state index in [-0.39, 0.29) is 4.90 Å². The summed E-state index contributed by atoms with van der Waals surface area (Å²) in [5.41, 5.74) is 4.48. The summed E-state index contributed by atoms with van der Waals surface area (Å²) < 4.78 is 35.7. The molecule has 0 fully saturated rings. The predicted octanol–water partition coefficient (Wildman–Crippen LogP) is 5.39. The van der Waals surface area contributed by atoms with Gasteiger partial charge in [-0.05, 0) is 47.5 Å². The second kappa shape index (κ2) is 6.95. The highest BCUT2D eigenvalue weighted by atomic mass is 35.5. The van der Waals surface area contributed by atoms with Gasteiger partial charge in [-0.15, -0.1) is 0 Å². The molecule has 0 aliphatic carbocycles. The van der Waals surface area contributed by atoms with E-state index in [2.05, 4.69) is 0 Å². The summed E-state index contributed by atoms with van der Waals surface area (Å²) in [5.74, 6) is 0.755. The lowest BCUT2D eigenvalue weighted by molar-refractivity contribution is 0.235. The van der Waals surface area contributed by atoms with Gasteiger partial charge in [0.25, 0.3) is 10.1 Å². The number of ether oxygens (including phenoxy) is 1. The highest BCUT2D eigenvalue weighted by molar-refractivity contribution is 7.86. The number of hydrogen-bond donors (Lipinski definition) is 0. The molecule has 27 heavy (non-hydrogen) atoms. The molecule has 3 aromatic rings. The van der Waals surface area contributed by atoms with Crippen LogP contribution >= 0.6 is 22.9 Å². The zero-order chi connectivity index (χ0) is 19.2. The molecular weight excluding hydrogens is 404 g/mol. The van der Waals surface area contributed by atoms with Gasteiger partial charge in [0.05, 0.1) is 7.11 Å². The van der Waals surface area contributed by atoms with E-state index in [0.717, 1.165) is 35.1 Å². The lowest BCUT2D eigenvalue weighted by atomic mass is 9.99. The van der Waals surface area contributed by atoms with E-state index >= 15 is 0 Å². The van der Waals surface area contributed by atoms with Crippen LogP contribution in [0.15, 0.2) is 52.1 Å². The van der Waals surface area contributed by atoms with Crippen molar-refractivity contribution in [1.82, 2.24) is 0 Å². The summed E-state index contributed by atoms with van der Waals surface area (Å²) in [6.45, 7) is 1.92. The molecular formula is C20H17ClO4S2. The standard InChI is InChI=1S/C20H17ClO4S2/c1-12-3-4-19(27(22,23)24-2)17(7-12)18-9-14-8-15(21)10-16(20(14)25-18)13-5-6-26-11-13/h3-8,10-11,18H,9H2,1-2H3. The molecule has 1 aliphatic rings. The molecule has 1 unspecified atom stereocenters. The molecule has 0 saturated carbocycles. The van der Waals surface area contributed by atoms with Crippen LogP contribution in [0.4, 0.5) is 0 Å². The van der Waals surface area contributed by atoms with Gasteiger partial charge in [-0.25, -0.2) is 0 Å². The van der Waals surface area contributed by atoms with Crippen LogP contribution in [-0.2, 0) is 20.7 Å². The first-order valence-corrected chi connectivity index (χ1v) is 11.0. The molecule has 0 N–H and O–H groups in total. The summed E-state index contributed by atoms with van der Waals surface area (Å²) in [6, 6.07) is 10.9. The number of benzene rings is 2. The molecule has 0 radical (unpaired) electrons. The molecule has 1 aliphatic heterocycles. The fraction of sp³-hybridized carbons (Fsp3) is 0.200. The van der Waals surface area contributed by atoms with Gasteiger partial charge in [0.2, 0.25) is 0 Å². The molecule has 7 heteroatoms. The van der Waals surface area contributed by atoms with E-state index in [9.17, 15) is 8.42 Å². The van der Waals surface area contributed by atoms with E-state index in [1.165, 1.54) is 0 Å². The Morgan fingerprint density at radius 3 is 2.74 bits per heavy atom. The maximum atomic E-state index is 12.4. The number of hydrogen-bond acceptors (Lipinski definition) is 5. The van der Waals surface area contributed by atoms with Crippen LogP contribution < -0.4 is 4.74 Å². The van der Waals surface area contributed by atoms with Crippen molar-refractivity contribution in [1.29, 1.82) is 0 Å². The average molecular weight is 421 g/mol. The van der Waals surface area contributed by atoms with Crippen LogP contribution in [0.3, 0.4) is 0 Å². The van der Waals surface area contributed by atoms with Crippen LogP contribution in [0.25, 0.3) is 11.1 Å². The first-order valence-electron chi connectivity index (χ1n) is 8.32. The highest BCUT2D eigenvalue weighted by Gasteiger charge is 2.32. The molecule has 2 aromatic carbocycles. The number of rotatable bonds is 4. The number of fused-ring (bicyclic) bond motifs is 1.